The third-order valence-corrected chi connectivity index (χ3v) is 4.07. The van der Waals surface area contributed by atoms with Crippen LogP contribution < -0.4 is 0 Å². The lowest BCUT2D eigenvalue weighted by atomic mass is 10.3. The van der Waals surface area contributed by atoms with E-state index in [9.17, 15) is 0 Å². The molecule has 3 aromatic rings. The Balaban J connectivity index is 1.67. The molecule has 3 heterocycles. The van der Waals surface area contributed by atoms with Crippen LogP contribution in [0, 0.1) is 13.8 Å². The Kier molecular flexibility index (Phi) is 3.39. The molecule has 0 bridgehead atoms. The van der Waals surface area contributed by atoms with Crippen LogP contribution >= 0.6 is 23.1 Å². The van der Waals surface area contributed by atoms with E-state index < -0.39 is 0 Å². The Morgan fingerprint density at radius 3 is 2.89 bits per heavy atom. The van der Waals surface area contributed by atoms with Crippen molar-refractivity contribution in [2.45, 2.75) is 24.8 Å². The van der Waals surface area contributed by atoms with Gasteiger partial charge in [-0.1, -0.05) is 16.9 Å². The van der Waals surface area contributed by atoms with Gasteiger partial charge in [0.05, 0.1) is 11.4 Å². The van der Waals surface area contributed by atoms with Crippen LogP contribution in [0.3, 0.4) is 0 Å². The molecule has 0 aliphatic carbocycles. The fourth-order valence-corrected chi connectivity index (χ4v) is 2.83. The van der Waals surface area contributed by atoms with Gasteiger partial charge in [0.25, 0.3) is 5.22 Å². The summed E-state index contributed by atoms with van der Waals surface area (Å²) in [5.74, 6) is 2.58. The van der Waals surface area contributed by atoms with Crippen molar-refractivity contribution in [3.05, 3.63) is 34.2 Å². The van der Waals surface area contributed by atoms with E-state index in [-0.39, 0.29) is 0 Å². The zero-order valence-corrected chi connectivity index (χ0v) is 12.0. The van der Waals surface area contributed by atoms with Gasteiger partial charge in [0.15, 0.2) is 0 Å². The summed E-state index contributed by atoms with van der Waals surface area (Å²) < 4.78 is 10.7. The first-order valence-corrected chi connectivity index (χ1v) is 7.57. The molecule has 19 heavy (non-hydrogen) atoms. The molecule has 7 heteroatoms. The molecule has 98 valence electrons. The summed E-state index contributed by atoms with van der Waals surface area (Å²) in [4.78, 5) is 8.63. The van der Waals surface area contributed by atoms with Gasteiger partial charge in [-0.2, -0.15) is 16.3 Å². The van der Waals surface area contributed by atoms with E-state index in [1.807, 2.05) is 30.7 Å². The van der Waals surface area contributed by atoms with Gasteiger partial charge >= 0.3 is 0 Å². The van der Waals surface area contributed by atoms with Crippen LogP contribution in [-0.4, -0.2) is 15.1 Å². The van der Waals surface area contributed by atoms with Gasteiger partial charge in [0, 0.05) is 10.9 Å². The number of aromatic nitrogens is 3. The quantitative estimate of drug-likeness (QED) is 0.683. The molecule has 0 atom stereocenters. The highest BCUT2D eigenvalue weighted by Crippen LogP contribution is 2.25. The molecule has 0 spiro atoms. The van der Waals surface area contributed by atoms with Crippen LogP contribution in [0.2, 0.25) is 0 Å². The fraction of sp³-hybridized carbons (Fsp3) is 0.250. The minimum absolute atomic E-state index is 0.552. The average molecular weight is 293 g/mol. The van der Waals surface area contributed by atoms with Crippen molar-refractivity contribution in [2.24, 2.45) is 0 Å². The standard InChI is InChI=1S/C12H11N3O2S2/c1-7-8(2)16-12(13-7)19-6-10-14-11(15-17-10)9-3-4-18-5-9/h3-5H,6H2,1-2H3. The highest BCUT2D eigenvalue weighted by atomic mass is 32.2. The zero-order chi connectivity index (χ0) is 13.2. The first kappa shape index (κ1) is 12.4. The van der Waals surface area contributed by atoms with Gasteiger partial charge in [-0.15, -0.1) is 0 Å². The maximum absolute atomic E-state index is 5.48. The van der Waals surface area contributed by atoms with E-state index in [4.69, 9.17) is 8.94 Å². The second kappa shape index (κ2) is 5.18. The second-order valence-corrected chi connectivity index (χ2v) is 5.64. The predicted octanol–water partition coefficient (Wildman–Crippen LogP) is 3.70. The topological polar surface area (TPSA) is 65.0 Å². The number of rotatable bonds is 4. The summed E-state index contributed by atoms with van der Waals surface area (Å²) >= 11 is 3.05. The third-order valence-electron chi connectivity index (χ3n) is 2.58. The van der Waals surface area contributed by atoms with E-state index >= 15 is 0 Å². The van der Waals surface area contributed by atoms with Gasteiger partial charge in [-0.3, -0.25) is 0 Å². The van der Waals surface area contributed by atoms with Gasteiger partial charge in [-0.25, -0.2) is 4.98 Å². The summed E-state index contributed by atoms with van der Waals surface area (Å²) in [7, 11) is 0. The van der Waals surface area contributed by atoms with Crippen LogP contribution in [0.4, 0.5) is 0 Å². The van der Waals surface area contributed by atoms with E-state index in [1.165, 1.54) is 11.8 Å². The van der Waals surface area contributed by atoms with E-state index in [0.717, 1.165) is 17.0 Å². The largest absolute Gasteiger partial charge is 0.437 e. The predicted molar refractivity (Wildman–Crippen MR) is 73.1 cm³/mol. The van der Waals surface area contributed by atoms with Crippen LogP contribution in [0.15, 0.2) is 31.0 Å². The van der Waals surface area contributed by atoms with Crippen LogP contribution in [0.25, 0.3) is 11.4 Å². The highest BCUT2D eigenvalue weighted by molar-refractivity contribution is 7.98. The van der Waals surface area contributed by atoms with E-state index in [2.05, 4.69) is 15.1 Å². The van der Waals surface area contributed by atoms with E-state index in [1.54, 1.807) is 11.3 Å². The van der Waals surface area contributed by atoms with Crippen LogP contribution in [0.1, 0.15) is 17.3 Å². The second-order valence-electron chi connectivity index (χ2n) is 3.93. The lowest BCUT2D eigenvalue weighted by Crippen LogP contribution is -1.81. The molecule has 0 radical (unpaired) electrons. The van der Waals surface area contributed by atoms with Crippen LogP contribution in [0.5, 0.6) is 0 Å². The number of oxazole rings is 1. The molecule has 0 fully saturated rings. The van der Waals surface area contributed by atoms with Crippen molar-refractivity contribution < 1.29 is 8.94 Å². The van der Waals surface area contributed by atoms with Crippen molar-refractivity contribution in [3.63, 3.8) is 0 Å². The molecule has 3 rings (SSSR count). The number of hydrogen-bond donors (Lipinski definition) is 0. The molecule has 0 aliphatic rings. The molecular weight excluding hydrogens is 282 g/mol. The monoisotopic (exact) mass is 293 g/mol. The molecule has 5 nitrogen and oxygen atoms in total. The summed E-state index contributed by atoms with van der Waals surface area (Å²) in [6, 6.07) is 1.97. The Hall–Kier alpha value is -1.60. The summed E-state index contributed by atoms with van der Waals surface area (Å²) in [5, 5.41) is 8.55. The molecule has 0 aromatic carbocycles. The molecular formula is C12H11N3O2S2. The number of thioether (sulfide) groups is 1. The van der Waals surface area contributed by atoms with Crippen molar-refractivity contribution in [1.29, 1.82) is 0 Å². The maximum atomic E-state index is 5.48. The summed E-state index contributed by atoms with van der Waals surface area (Å²) in [6.07, 6.45) is 0. The smallest absolute Gasteiger partial charge is 0.256 e. The average Bonchev–Trinajstić information content (AvgIpc) is 3.09. The van der Waals surface area contributed by atoms with E-state index in [0.29, 0.717) is 22.7 Å². The first-order chi connectivity index (χ1) is 9.22. The number of nitrogens with zero attached hydrogens (tertiary/aromatic N) is 3. The highest BCUT2D eigenvalue weighted by Gasteiger charge is 2.12. The Morgan fingerprint density at radius 2 is 2.21 bits per heavy atom. The minimum atomic E-state index is 0.552. The molecule has 0 aliphatic heterocycles. The maximum Gasteiger partial charge on any atom is 0.256 e. The molecule has 0 saturated heterocycles. The molecule has 0 N–H and O–H groups in total. The van der Waals surface area contributed by atoms with Gasteiger partial charge < -0.3 is 8.94 Å². The Bertz CT molecular complexity index is 654. The van der Waals surface area contributed by atoms with Crippen LogP contribution in [-0.2, 0) is 5.75 Å². The van der Waals surface area contributed by atoms with Gasteiger partial charge in [-0.05, 0) is 25.3 Å². The number of thiophene rings is 1. The lowest BCUT2D eigenvalue weighted by Gasteiger charge is -1.89. The number of hydrogen-bond acceptors (Lipinski definition) is 7. The minimum Gasteiger partial charge on any atom is -0.437 e. The molecule has 0 unspecified atom stereocenters. The zero-order valence-electron chi connectivity index (χ0n) is 10.4. The summed E-state index contributed by atoms with van der Waals surface area (Å²) in [5.41, 5.74) is 1.89. The third kappa shape index (κ3) is 2.71. The Labute approximate surface area is 118 Å². The van der Waals surface area contributed by atoms with Crippen molar-refractivity contribution in [2.75, 3.05) is 0 Å². The molecule has 0 amide bonds. The molecule has 3 aromatic heterocycles. The van der Waals surface area contributed by atoms with Crippen molar-refractivity contribution >= 4 is 23.1 Å². The normalized spacial score (nSPS) is 11.1. The SMILES string of the molecule is Cc1nc(SCc2nc(-c3ccsc3)no2)oc1C. The first-order valence-electron chi connectivity index (χ1n) is 5.64. The number of aryl methyl sites for hydroxylation is 2. The van der Waals surface area contributed by atoms with Crippen molar-refractivity contribution in [3.8, 4) is 11.4 Å². The molecule has 0 saturated carbocycles. The van der Waals surface area contributed by atoms with Gasteiger partial charge in [0.1, 0.15) is 5.76 Å². The van der Waals surface area contributed by atoms with Gasteiger partial charge in [0.2, 0.25) is 11.7 Å². The van der Waals surface area contributed by atoms with Crippen molar-refractivity contribution in [1.82, 2.24) is 15.1 Å². The lowest BCUT2D eigenvalue weighted by molar-refractivity contribution is 0.390. The fourth-order valence-electron chi connectivity index (χ4n) is 1.45. The Morgan fingerprint density at radius 1 is 1.32 bits per heavy atom. The summed E-state index contributed by atoms with van der Waals surface area (Å²) in [6.45, 7) is 3.82.